The summed E-state index contributed by atoms with van der Waals surface area (Å²) < 4.78 is 0. The molecule has 0 atom stereocenters. The summed E-state index contributed by atoms with van der Waals surface area (Å²) in [7, 11) is 0. The van der Waals surface area contributed by atoms with E-state index in [2.05, 4.69) is 58.3 Å². The van der Waals surface area contributed by atoms with Crippen molar-refractivity contribution in [2.45, 2.75) is 39.5 Å². The topological polar surface area (TPSA) is 41.0 Å². The highest BCUT2D eigenvalue weighted by Gasteiger charge is 2.12. The van der Waals surface area contributed by atoms with Crippen LogP contribution in [0.1, 0.15) is 36.8 Å². The standard InChI is InChI=1S/C18H24N4/c1-14-7-8-16(15(2)11-14)21-17-12-18(20-13-19-17)22-9-5-3-4-6-10-22/h7-8,11-13H,3-6,9-10H2,1-2H3,(H,19,20,21). The van der Waals surface area contributed by atoms with Gasteiger partial charge in [0.2, 0.25) is 0 Å². The van der Waals surface area contributed by atoms with Crippen LogP contribution in [0.4, 0.5) is 17.3 Å². The summed E-state index contributed by atoms with van der Waals surface area (Å²) >= 11 is 0. The summed E-state index contributed by atoms with van der Waals surface area (Å²) in [6.45, 7) is 6.42. The molecule has 1 aliphatic heterocycles. The number of hydrogen-bond acceptors (Lipinski definition) is 4. The Labute approximate surface area is 132 Å². The number of rotatable bonds is 3. The number of aromatic nitrogens is 2. The maximum absolute atomic E-state index is 4.46. The van der Waals surface area contributed by atoms with E-state index in [1.165, 1.54) is 36.8 Å². The normalized spacial score (nSPS) is 15.5. The molecule has 1 aromatic carbocycles. The molecule has 1 aromatic heterocycles. The summed E-state index contributed by atoms with van der Waals surface area (Å²) in [4.78, 5) is 11.2. The Hall–Kier alpha value is -2.10. The van der Waals surface area contributed by atoms with E-state index in [1.807, 2.05) is 0 Å². The van der Waals surface area contributed by atoms with Crippen molar-refractivity contribution in [3.63, 3.8) is 0 Å². The van der Waals surface area contributed by atoms with Crippen LogP contribution >= 0.6 is 0 Å². The zero-order chi connectivity index (χ0) is 15.4. The SMILES string of the molecule is Cc1ccc(Nc2cc(N3CCCCCC3)ncn2)c(C)c1. The Bertz CT molecular complexity index is 631. The fourth-order valence-corrected chi connectivity index (χ4v) is 2.98. The van der Waals surface area contributed by atoms with Gasteiger partial charge >= 0.3 is 0 Å². The Morgan fingerprint density at radius 1 is 0.955 bits per heavy atom. The summed E-state index contributed by atoms with van der Waals surface area (Å²) in [5.41, 5.74) is 3.61. The van der Waals surface area contributed by atoms with Crippen molar-refractivity contribution >= 4 is 17.3 Å². The minimum absolute atomic E-state index is 0.862. The molecule has 0 bridgehead atoms. The van der Waals surface area contributed by atoms with Gasteiger partial charge in [-0.05, 0) is 38.3 Å². The molecule has 3 rings (SSSR count). The molecule has 4 heteroatoms. The van der Waals surface area contributed by atoms with Gasteiger partial charge in [0.25, 0.3) is 0 Å². The molecule has 0 amide bonds. The highest BCUT2D eigenvalue weighted by Crippen LogP contribution is 2.23. The molecule has 0 spiro atoms. The lowest BCUT2D eigenvalue weighted by Crippen LogP contribution is -2.25. The minimum Gasteiger partial charge on any atom is -0.356 e. The number of hydrogen-bond donors (Lipinski definition) is 1. The van der Waals surface area contributed by atoms with Crippen molar-refractivity contribution in [1.82, 2.24) is 9.97 Å². The van der Waals surface area contributed by atoms with E-state index in [1.54, 1.807) is 6.33 Å². The molecule has 1 N–H and O–H groups in total. The van der Waals surface area contributed by atoms with Crippen molar-refractivity contribution in [3.05, 3.63) is 41.7 Å². The second-order valence-corrected chi connectivity index (χ2v) is 6.11. The van der Waals surface area contributed by atoms with Crippen molar-refractivity contribution in [2.24, 2.45) is 0 Å². The Balaban J connectivity index is 1.78. The van der Waals surface area contributed by atoms with Gasteiger partial charge < -0.3 is 10.2 Å². The van der Waals surface area contributed by atoms with Crippen LogP contribution in [0.5, 0.6) is 0 Å². The predicted octanol–water partition coefficient (Wildman–Crippen LogP) is 4.22. The lowest BCUT2D eigenvalue weighted by Gasteiger charge is -2.21. The number of aryl methyl sites for hydroxylation is 2. The molecule has 1 fully saturated rings. The highest BCUT2D eigenvalue weighted by atomic mass is 15.2. The Morgan fingerprint density at radius 3 is 2.45 bits per heavy atom. The first-order valence-corrected chi connectivity index (χ1v) is 8.14. The third-order valence-electron chi connectivity index (χ3n) is 4.23. The van der Waals surface area contributed by atoms with Gasteiger partial charge in [0, 0.05) is 24.8 Å². The first-order valence-electron chi connectivity index (χ1n) is 8.14. The van der Waals surface area contributed by atoms with Crippen LogP contribution in [0.15, 0.2) is 30.6 Å². The lowest BCUT2D eigenvalue weighted by atomic mass is 10.1. The number of benzene rings is 1. The van der Waals surface area contributed by atoms with Crippen LogP contribution in [0.3, 0.4) is 0 Å². The zero-order valence-electron chi connectivity index (χ0n) is 13.5. The first kappa shape index (κ1) is 14.8. The van der Waals surface area contributed by atoms with Gasteiger partial charge in [0.05, 0.1) is 0 Å². The Kier molecular flexibility index (Phi) is 4.56. The number of nitrogens with zero attached hydrogens (tertiary/aromatic N) is 3. The predicted molar refractivity (Wildman–Crippen MR) is 91.9 cm³/mol. The largest absolute Gasteiger partial charge is 0.356 e. The quantitative estimate of drug-likeness (QED) is 0.921. The van der Waals surface area contributed by atoms with Crippen LogP contribution in [0, 0.1) is 13.8 Å². The summed E-state index contributed by atoms with van der Waals surface area (Å²) in [5, 5.41) is 3.42. The number of nitrogens with one attached hydrogen (secondary N) is 1. The van der Waals surface area contributed by atoms with Gasteiger partial charge in [-0.15, -0.1) is 0 Å². The van der Waals surface area contributed by atoms with Gasteiger partial charge in [-0.3, -0.25) is 0 Å². The molecule has 2 aromatic rings. The second-order valence-electron chi connectivity index (χ2n) is 6.11. The maximum Gasteiger partial charge on any atom is 0.135 e. The smallest absolute Gasteiger partial charge is 0.135 e. The van der Waals surface area contributed by atoms with Gasteiger partial charge in [0.1, 0.15) is 18.0 Å². The molecule has 22 heavy (non-hydrogen) atoms. The second kappa shape index (κ2) is 6.77. The molecule has 4 nitrogen and oxygen atoms in total. The van der Waals surface area contributed by atoms with E-state index in [0.29, 0.717) is 0 Å². The first-order chi connectivity index (χ1) is 10.7. The molecule has 0 unspecified atom stereocenters. The molecule has 116 valence electrons. The minimum atomic E-state index is 0.862. The van der Waals surface area contributed by atoms with Crippen LogP contribution in [-0.2, 0) is 0 Å². The summed E-state index contributed by atoms with van der Waals surface area (Å²) in [6.07, 6.45) is 6.82. The van der Waals surface area contributed by atoms with Crippen LogP contribution in [0.2, 0.25) is 0 Å². The number of anilines is 3. The third-order valence-corrected chi connectivity index (χ3v) is 4.23. The van der Waals surface area contributed by atoms with Crippen molar-refractivity contribution in [2.75, 3.05) is 23.3 Å². The molecular weight excluding hydrogens is 272 g/mol. The lowest BCUT2D eigenvalue weighted by molar-refractivity contribution is 0.726. The van der Waals surface area contributed by atoms with Crippen LogP contribution < -0.4 is 10.2 Å². The van der Waals surface area contributed by atoms with Gasteiger partial charge in [-0.2, -0.15) is 0 Å². The molecule has 2 heterocycles. The van der Waals surface area contributed by atoms with Crippen LogP contribution in [-0.4, -0.2) is 23.1 Å². The van der Waals surface area contributed by atoms with Gasteiger partial charge in [-0.25, -0.2) is 9.97 Å². The van der Waals surface area contributed by atoms with E-state index < -0.39 is 0 Å². The molecular formula is C18H24N4. The fourth-order valence-electron chi connectivity index (χ4n) is 2.98. The molecule has 1 aliphatic rings. The van der Waals surface area contributed by atoms with Crippen LogP contribution in [0.25, 0.3) is 0 Å². The van der Waals surface area contributed by atoms with E-state index in [-0.39, 0.29) is 0 Å². The van der Waals surface area contributed by atoms with Crippen molar-refractivity contribution in [1.29, 1.82) is 0 Å². The Morgan fingerprint density at radius 2 is 1.73 bits per heavy atom. The van der Waals surface area contributed by atoms with E-state index in [4.69, 9.17) is 0 Å². The molecule has 0 radical (unpaired) electrons. The van der Waals surface area contributed by atoms with Gasteiger partial charge in [-0.1, -0.05) is 30.5 Å². The van der Waals surface area contributed by atoms with Crippen molar-refractivity contribution in [3.8, 4) is 0 Å². The third kappa shape index (κ3) is 3.56. The fraction of sp³-hybridized carbons (Fsp3) is 0.444. The average molecular weight is 296 g/mol. The molecule has 0 aliphatic carbocycles. The van der Waals surface area contributed by atoms with E-state index in [0.717, 1.165) is 30.4 Å². The summed E-state index contributed by atoms with van der Waals surface area (Å²) in [5.74, 6) is 1.89. The maximum atomic E-state index is 4.46. The summed E-state index contributed by atoms with van der Waals surface area (Å²) in [6, 6.07) is 8.47. The monoisotopic (exact) mass is 296 g/mol. The molecule has 0 saturated carbocycles. The zero-order valence-corrected chi connectivity index (χ0v) is 13.5. The van der Waals surface area contributed by atoms with E-state index in [9.17, 15) is 0 Å². The van der Waals surface area contributed by atoms with Crippen molar-refractivity contribution < 1.29 is 0 Å². The van der Waals surface area contributed by atoms with Gasteiger partial charge in [0.15, 0.2) is 0 Å². The average Bonchev–Trinajstić information content (AvgIpc) is 2.80. The molecule has 1 saturated heterocycles. The highest BCUT2D eigenvalue weighted by molar-refractivity contribution is 5.62. The van der Waals surface area contributed by atoms with E-state index >= 15 is 0 Å².